The van der Waals surface area contributed by atoms with Gasteiger partial charge in [-0.15, -0.1) is 0 Å². The number of alkyl halides is 3. The molecule has 1 aromatic heterocycles. The molecule has 3 N–H and O–H groups in total. The topological polar surface area (TPSA) is 82.5 Å². The molecule has 8 heteroatoms. The first-order valence-corrected chi connectivity index (χ1v) is 5.98. The molecule has 5 nitrogen and oxygen atoms in total. The number of aliphatic hydroxyl groups is 1. The van der Waals surface area contributed by atoms with Crippen LogP contribution >= 0.6 is 0 Å². The highest BCUT2D eigenvalue weighted by Gasteiger charge is 2.63. The molecule has 0 bridgehead atoms. The van der Waals surface area contributed by atoms with Crippen LogP contribution in [-0.4, -0.2) is 33.9 Å². The highest BCUT2D eigenvalue weighted by molar-refractivity contribution is 5.92. The van der Waals surface area contributed by atoms with Crippen LogP contribution in [0.4, 0.5) is 13.2 Å². The number of aromatic amines is 1. The molecule has 0 aliphatic rings. The van der Waals surface area contributed by atoms with E-state index in [2.05, 4.69) is 9.72 Å². The minimum atomic E-state index is -5.28. The van der Waals surface area contributed by atoms with Gasteiger partial charge in [0, 0.05) is 22.7 Å². The van der Waals surface area contributed by atoms with Gasteiger partial charge in [0.2, 0.25) is 0 Å². The average molecular weight is 303 g/mol. The Labute approximate surface area is 117 Å². The van der Waals surface area contributed by atoms with Crippen molar-refractivity contribution < 1.29 is 32.9 Å². The number of H-pyrrole nitrogens is 1. The molecule has 0 aliphatic heterocycles. The summed E-state index contributed by atoms with van der Waals surface area (Å²) in [6.45, 7) is 1.01. The van der Waals surface area contributed by atoms with Crippen LogP contribution < -0.4 is 0 Å². The fraction of sp³-hybridized carbons (Fsp3) is 0.308. The molecule has 21 heavy (non-hydrogen) atoms. The molecule has 0 amide bonds. The molecule has 1 heterocycles. The van der Waals surface area contributed by atoms with Crippen LogP contribution in [0, 0.1) is 0 Å². The van der Waals surface area contributed by atoms with E-state index in [0.29, 0.717) is 0 Å². The predicted molar refractivity (Wildman–Crippen MR) is 66.5 cm³/mol. The number of aromatic nitrogens is 1. The number of phenolic OH excluding ortho intramolecular Hbond substituents is 1. The number of phenols is 1. The van der Waals surface area contributed by atoms with Gasteiger partial charge in [0.05, 0.1) is 6.61 Å². The Morgan fingerprint density at radius 3 is 2.62 bits per heavy atom. The average Bonchev–Trinajstić information content (AvgIpc) is 2.79. The van der Waals surface area contributed by atoms with Crippen LogP contribution in [0.3, 0.4) is 0 Å². The van der Waals surface area contributed by atoms with E-state index in [1.165, 1.54) is 19.1 Å². The number of aromatic hydroxyl groups is 1. The molecule has 0 radical (unpaired) electrons. The number of hydrogen-bond donors (Lipinski definition) is 3. The van der Waals surface area contributed by atoms with Crippen LogP contribution in [0.5, 0.6) is 5.75 Å². The van der Waals surface area contributed by atoms with Crippen molar-refractivity contribution in [2.75, 3.05) is 6.61 Å². The summed E-state index contributed by atoms with van der Waals surface area (Å²) in [4.78, 5) is 14.2. The maximum absolute atomic E-state index is 13.2. The third-order valence-electron chi connectivity index (χ3n) is 3.04. The number of hydrogen-bond acceptors (Lipinski definition) is 4. The third kappa shape index (κ3) is 2.31. The normalized spacial score (nSPS) is 14.9. The Balaban J connectivity index is 2.70. The molecule has 0 aliphatic carbocycles. The van der Waals surface area contributed by atoms with Gasteiger partial charge in [-0.3, -0.25) is 0 Å². The highest BCUT2D eigenvalue weighted by Crippen LogP contribution is 2.43. The van der Waals surface area contributed by atoms with Crippen LogP contribution in [0.2, 0.25) is 0 Å². The van der Waals surface area contributed by atoms with Crippen molar-refractivity contribution in [3.8, 4) is 5.75 Å². The lowest BCUT2D eigenvalue weighted by Gasteiger charge is -2.27. The van der Waals surface area contributed by atoms with E-state index in [1.54, 1.807) is 0 Å². The van der Waals surface area contributed by atoms with Gasteiger partial charge >= 0.3 is 12.1 Å². The van der Waals surface area contributed by atoms with Gasteiger partial charge in [-0.1, -0.05) is 0 Å². The molecule has 0 saturated heterocycles. The summed E-state index contributed by atoms with van der Waals surface area (Å²) in [5.74, 6) is -2.11. The number of rotatable bonds is 3. The monoisotopic (exact) mass is 303 g/mol. The molecular weight excluding hydrogens is 291 g/mol. The fourth-order valence-corrected chi connectivity index (χ4v) is 2.02. The van der Waals surface area contributed by atoms with E-state index in [1.807, 2.05) is 0 Å². The lowest BCUT2D eigenvalue weighted by Crippen LogP contribution is -2.50. The summed E-state index contributed by atoms with van der Waals surface area (Å²) < 4.78 is 44.1. The van der Waals surface area contributed by atoms with E-state index in [4.69, 9.17) is 0 Å². The number of esters is 1. The molecule has 1 atom stereocenters. The number of carbonyl (C=O) groups excluding carboxylic acids is 1. The second kappa shape index (κ2) is 4.96. The van der Waals surface area contributed by atoms with Crippen LogP contribution in [0.1, 0.15) is 12.5 Å². The molecule has 0 saturated carbocycles. The van der Waals surface area contributed by atoms with Crippen molar-refractivity contribution in [3.63, 3.8) is 0 Å². The van der Waals surface area contributed by atoms with E-state index < -0.39 is 23.3 Å². The van der Waals surface area contributed by atoms with Crippen molar-refractivity contribution in [2.24, 2.45) is 0 Å². The minimum Gasteiger partial charge on any atom is -0.508 e. The predicted octanol–water partition coefficient (Wildman–Crippen LogP) is 2.19. The molecule has 0 fully saturated rings. The number of carbonyl (C=O) groups is 1. The summed E-state index contributed by atoms with van der Waals surface area (Å²) in [6.07, 6.45) is -4.41. The molecule has 2 aromatic rings. The van der Waals surface area contributed by atoms with Gasteiger partial charge in [-0.25, -0.2) is 4.79 Å². The zero-order valence-corrected chi connectivity index (χ0v) is 10.9. The Morgan fingerprint density at radius 1 is 1.38 bits per heavy atom. The molecule has 0 spiro atoms. The minimum absolute atomic E-state index is 0.122. The summed E-state index contributed by atoms with van der Waals surface area (Å²) >= 11 is 0. The number of ether oxygens (including phenoxy) is 1. The number of halogens is 3. The van der Waals surface area contributed by atoms with Gasteiger partial charge in [-0.2, -0.15) is 13.2 Å². The maximum Gasteiger partial charge on any atom is 0.432 e. The molecule has 2 rings (SSSR count). The molecular formula is C13H12F3NO4. The van der Waals surface area contributed by atoms with Crippen molar-refractivity contribution in [1.82, 2.24) is 4.98 Å². The van der Waals surface area contributed by atoms with Gasteiger partial charge in [0.25, 0.3) is 5.60 Å². The number of benzene rings is 1. The van der Waals surface area contributed by atoms with E-state index in [-0.39, 0.29) is 23.3 Å². The lowest BCUT2D eigenvalue weighted by molar-refractivity contribution is -0.267. The van der Waals surface area contributed by atoms with Crippen LogP contribution in [0.25, 0.3) is 10.9 Å². The first-order chi connectivity index (χ1) is 9.71. The Hall–Kier alpha value is -2.22. The van der Waals surface area contributed by atoms with Crippen LogP contribution in [-0.2, 0) is 15.1 Å². The largest absolute Gasteiger partial charge is 0.508 e. The van der Waals surface area contributed by atoms with Gasteiger partial charge in [0.1, 0.15) is 5.75 Å². The maximum atomic E-state index is 13.2. The second-order valence-corrected chi connectivity index (χ2v) is 4.36. The van der Waals surface area contributed by atoms with E-state index in [0.717, 1.165) is 12.3 Å². The summed E-state index contributed by atoms with van der Waals surface area (Å²) in [7, 11) is 0. The Bertz CT molecular complexity index is 680. The number of fused-ring (bicyclic) bond motifs is 1. The van der Waals surface area contributed by atoms with Crippen molar-refractivity contribution in [3.05, 3.63) is 30.0 Å². The summed E-state index contributed by atoms with van der Waals surface area (Å²) in [5, 5.41) is 19.3. The van der Waals surface area contributed by atoms with Crippen molar-refractivity contribution >= 4 is 16.9 Å². The van der Waals surface area contributed by atoms with Crippen LogP contribution in [0.15, 0.2) is 24.4 Å². The van der Waals surface area contributed by atoms with E-state index >= 15 is 0 Å². The van der Waals surface area contributed by atoms with Gasteiger partial charge in [0.15, 0.2) is 0 Å². The summed E-state index contributed by atoms with van der Waals surface area (Å²) in [6, 6.07) is 3.62. The quantitative estimate of drug-likeness (QED) is 0.759. The standard InChI is InChI=1S/C13H12F3NO4/c1-2-21-11(19)12(20,13(14,15)16)9-6-17-10-4-3-7(18)5-8(9)10/h3-6,17-18,20H,2H2,1H3/t12-/m1/s1. The first-order valence-electron chi connectivity index (χ1n) is 5.98. The van der Waals surface area contributed by atoms with Crippen molar-refractivity contribution in [2.45, 2.75) is 18.7 Å². The van der Waals surface area contributed by atoms with E-state index in [9.17, 15) is 28.2 Å². The zero-order valence-electron chi connectivity index (χ0n) is 10.9. The molecule has 1 aromatic carbocycles. The zero-order chi connectivity index (χ0) is 15.8. The fourth-order valence-electron chi connectivity index (χ4n) is 2.02. The van der Waals surface area contributed by atoms with Gasteiger partial charge < -0.3 is 19.9 Å². The third-order valence-corrected chi connectivity index (χ3v) is 3.04. The SMILES string of the molecule is CCOC(=O)[C@](O)(c1c[nH]c2ccc(O)cc12)C(F)(F)F. The molecule has 0 unspecified atom stereocenters. The van der Waals surface area contributed by atoms with Crippen molar-refractivity contribution in [1.29, 1.82) is 0 Å². The molecule has 114 valence electrons. The lowest BCUT2D eigenvalue weighted by atomic mass is 9.92. The smallest absolute Gasteiger partial charge is 0.432 e. The number of nitrogens with one attached hydrogen (secondary N) is 1. The Kier molecular flexibility index (Phi) is 3.58. The second-order valence-electron chi connectivity index (χ2n) is 4.36. The first kappa shape index (κ1) is 15.2. The summed E-state index contributed by atoms with van der Waals surface area (Å²) in [5.41, 5.74) is -4.30. The Morgan fingerprint density at radius 2 is 2.05 bits per heavy atom. The highest BCUT2D eigenvalue weighted by atomic mass is 19.4. The van der Waals surface area contributed by atoms with Gasteiger partial charge in [-0.05, 0) is 25.1 Å².